The van der Waals surface area contributed by atoms with Crippen molar-refractivity contribution in [2.24, 2.45) is 0 Å². The van der Waals surface area contributed by atoms with Gasteiger partial charge < -0.3 is 9.47 Å². The molecule has 0 spiro atoms. The average molecular weight is 343 g/mol. The number of rotatable bonds is 7. The molecule has 2 aromatic rings. The van der Waals surface area contributed by atoms with E-state index in [0.717, 1.165) is 0 Å². The summed E-state index contributed by atoms with van der Waals surface area (Å²) >= 11 is 0. The maximum absolute atomic E-state index is 12.0. The van der Waals surface area contributed by atoms with Crippen LogP contribution in [0.25, 0.3) is 0 Å². The molecule has 2 rings (SSSR count). The Balaban J connectivity index is 1.87. The summed E-state index contributed by atoms with van der Waals surface area (Å²) in [5.41, 5.74) is 1.17. The highest BCUT2D eigenvalue weighted by Gasteiger charge is 2.17. The molecule has 0 heterocycles. The zero-order valence-corrected chi connectivity index (χ0v) is 13.8. The van der Waals surface area contributed by atoms with Crippen LogP contribution >= 0.6 is 0 Å². The molecule has 0 saturated heterocycles. The third kappa shape index (κ3) is 5.13. The standard InChI is InChI=1S/C18H17NO6/c1-12(20)15-5-9-17(10-6-15)25-13(2)18(21)24-11-14-3-7-16(8-4-14)19(22)23/h3-10,13H,11H2,1-2H3/t13-/m1/s1. The van der Waals surface area contributed by atoms with Gasteiger partial charge in [0.05, 0.1) is 4.92 Å². The molecule has 0 unspecified atom stereocenters. The van der Waals surface area contributed by atoms with Gasteiger partial charge in [0.2, 0.25) is 0 Å². The number of non-ortho nitro benzene ring substituents is 1. The zero-order chi connectivity index (χ0) is 18.4. The number of nitro groups is 1. The number of esters is 1. The first kappa shape index (κ1) is 18.1. The SMILES string of the molecule is CC(=O)c1ccc(O[C@H](C)C(=O)OCc2ccc([N+](=O)[O-])cc2)cc1. The van der Waals surface area contributed by atoms with E-state index in [1.165, 1.54) is 31.2 Å². The Bertz CT molecular complexity index is 767. The first-order valence-corrected chi connectivity index (χ1v) is 7.54. The fourth-order valence-corrected chi connectivity index (χ4v) is 2.01. The zero-order valence-electron chi connectivity index (χ0n) is 13.8. The Morgan fingerprint density at radius 1 is 1.08 bits per heavy atom. The van der Waals surface area contributed by atoms with Crippen LogP contribution in [-0.2, 0) is 16.1 Å². The lowest BCUT2D eigenvalue weighted by molar-refractivity contribution is -0.384. The molecule has 0 aliphatic heterocycles. The molecule has 25 heavy (non-hydrogen) atoms. The van der Waals surface area contributed by atoms with E-state index in [1.807, 2.05) is 0 Å². The molecule has 0 bridgehead atoms. The number of hydrogen-bond acceptors (Lipinski definition) is 6. The number of hydrogen-bond donors (Lipinski definition) is 0. The number of benzene rings is 2. The van der Waals surface area contributed by atoms with Gasteiger partial charge in [0.25, 0.3) is 5.69 Å². The van der Waals surface area contributed by atoms with Crippen LogP contribution in [0.15, 0.2) is 48.5 Å². The largest absolute Gasteiger partial charge is 0.479 e. The average Bonchev–Trinajstić information content (AvgIpc) is 2.60. The van der Waals surface area contributed by atoms with Crippen LogP contribution in [0, 0.1) is 10.1 Å². The predicted molar refractivity (Wildman–Crippen MR) is 89.4 cm³/mol. The van der Waals surface area contributed by atoms with E-state index >= 15 is 0 Å². The molecule has 0 fully saturated rings. The molecule has 7 nitrogen and oxygen atoms in total. The monoisotopic (exact) mass is 343 g/mol. The molecule has 0 aromatic heterocycles. The first-order valence-electron chi connectivity index (χ1n) is 7.54. The predicted octanol–water partition coefficient (Wildman–Crippen LogP) is 3.31. The van der Waals surface area contributed by atoms with Crippen molar-refractivity contribution in [1.29, 1.82) is 0 Å². The highest BCUT2D eigenvalue weighted by atomic mass is 16.6. The molecule has 0 aliphatic rings. The van der Waals surface area contributed by atoms with Crippen molar-refractivity contribution in [2.45, 2.75) is 26.6 Å². The molecule has 0 N–H and O–H groups in total. The molecule has 2 aromatic carbocycles. The normalized spacial score (nSPS) is 11.4. The second-order valence-electron chi connectivity index (χ2n) is 5.37. The van der Waals surface area contributed by atoms with E-state index in [0.29, 0.717) is 16.9 Å². The van der Waals surface area contributed by atoms with Crippen molar-refractivity contribution in [3.63, 3.8) is 0 Å². The number of nitrogens with zero attached hydrogens (tertiary/aromatic N) is 1. The topological polar surface area (TPSA) is 95.7 Å². The molecule has 1 atom stereocenters. The van der Waals surface area contributed by atoms with Gasteiger partial charge in [-0.05, 0) is 55.8 Å². The summed E-state index contributed by atoms with van der Waals surface area (Å²) in [7, 11) is 0. The molecule has 7 heteroatoms. The van der Waals surface area contributed by atoms with Crippen LogP contribution in [0.4, 0.5) is 5.69 Å². The van der Waals surface area contributed by atoms with Gasteiger partial charge in [-0.1, -0.05) is 0 Å². The van der Waals surface area contributed by atoms with Gasteiger partial charge in [-0.15, -0.1) is 0 Å². The number of carbonyl (C=O) groups excluding carboxylic acids is 2. The van der Waals surface area contributed by atoms with E-state index in [-0.39, 0.29) is 18.1 Å². The minimum atomic E-state index is -0.832. The summed E-state index contributed by atoms with van der Waals surface area (Å²) in [5, 5.41) is 10.6. The Kier molecular flexibility index (Phi) is 5.84. The smallest absolute Gasteiger partial charge is 0.347 e. The maximum atomic E-state index is 12.0. The van der Waals surface area contributed by atoms with Crippen molar-refractivity contribution >= 4 is 17.4 Å². The first-order chi connectivity index (χ1) is 11.9. The van der Waals surface area contributed by atoms with Gasteiger partial charge in [-0.3, -0.25) is 14.9 Å². The Hall–Kier alpha value is -3.22. The Labute approximate surface area is 144 Å². The van der Waals surface area contributed by atoms with E-state index < -0.39 is 17.0 Å². The van der Waals surface area contributed by atoms with Crippen LogP contribution in [0.3, 0.4) is 0 Å². The highest BCUT2D eigenvalue weighted by molar-refractivity contribution is 5.94. The van der Waals surface area contributed by atoms with Gasteiger partial charge in [-0.2, -0.15) is 0 Å². The van der Waals surface area contributed by atoms with E-state index in [9.17, 15) is 19.7 Å². The van der Waals surface area contributed by atoms with Gasteiger partial charge in [-0.25, -0.2) is 4.79 Å². The summed E-state index contributed by atoms with van der Waals surface area (Å²) in [6.07, 6.45) is -0.832. The molecule has 0 aliphatic carbocycles. The van der Waals surface area contributed by atoms with Crippen LogP contribution in [-0.4, -0.2) is 22.8 Å². The quantitative estimate of drug-likeness (QED) is 0.331. The minimum absolute atomic E-state index is 0.00615. The minimum Gasteiger partial charge on any atom is -0.479 e. The fraction of sp³-hybridized carbons (Fsp3) is 0.222. The lowest BCUT2D eigenvalue weighted by atomic mass is 10.1. The van der Waals surface area contributed by atoms with Crippen molar-refractivity contribution in [3.8, 4) is 5.75 Å². The number of nitro benzene ring substituents is 1. The number of Topliss-reactive ketones (excluding diaryl/α,β-unsaturated/α-hetero) is 1. The van der Waals surface area contributed by atoms with Crippen molar-refractivity contribution in [3.05, 3.63) is 69.8 Å². The Morgan fingerprint density at radius 2 is 1.68 bits per heavy atom. The van der Waals surface area contributed by atoms with Crippen LogP contribution in [0.1, 0.15) is 29.8 Å². The van der Waals surface area contributed by atoms with E-state index in [2.05, 4.69) is 0 Å². The lowest BCUT2D eigenvalue weighted by Crippen LogP contribution is -2.26. The summed E-state index contributed by atoms with van der Waals surface area (Å²) in [6.45, 7) is 3.01. The third-order valence-electron chi connectivity index (χ3n) is 3.43. The summed E-state index contributed by atoms with van der Waals surface area (Å²) in [6, 6.07) is 12.2. The maximum Gasteiger partial charge on any atom is 0.347 e. The van der Waals surface area contributed by atoms with Crippen molar-refractivity contribution in [1.82, 2.24) is 0 Å². The number of ether oxygens (including phenoxy) is 2. The molecule has 0 amide bonds. The lowest BCUT2D eigenvalue weighted by Gasteiger charge is -2.14. The summed E-state index contributed by atoms with van der Waals surface area (Å²) in [5.74, 6) is -0.166. The molecule has 0 saturated carbocycles. The van der Waals surface area contributed by atoms with Gasteiger partial charge >= 0.3 is 5.97 Å². The Morgan fingerprint density at radius 3 is 2.20 bits per heavy atom. The molecule has 130 valence electrons. The van der Waals surface area contributed by atoms with Crippen molar-refractivity contribution < 1.29 is 24.0 Å². The third-order valence-corrected chi connectivity index (χ3v) is 3.43. The van der Waals surface area contributed by atoms with Crippen LogP contribution < -0.4 is 4.74 Å². The van der Waals surface area contributed by atoms with Gasteiger partial charge in [0.15, 0.2) is 11.9 Å². The number of carbonyl (C=O) groups is 2. The van der Waals surface area contributed by atoms with Crippen LogP contribution in [0.2, 0.25) is 0 Å². The second kappa shape index (κ2) is 8.05. The molecular formula is C18H17NO6. The van der Waals surface area contributed by atoms with E-state index in [1.54, 1.807) is 31.2 Å². The second-order valence-corrected chi connectivity index (χ2v) is 5.37. The fourth-order valence-electron chi connectivity index (χ4n) is 2.01. The van der Waals surface area contributed by atoms with Crippen LogP contribution in [0.5, 0.6) is 5.75 Å². The summed E-state index contributed by atoms with van der Waals surface area (Å²) in [4.78, 5) is 33.3. The van der Waals surface area contributed by atoms with Gasteiger partial charge in [0.1, 0.15) is 12.4 Å². The molecule has 0 radical (unpaired) electrons. The van der Waals surface area contributed by atoms with Gasteiger partial charge in [0, 0.05) is 17.7 Å². The number of ketones is 1. The van der Waals surface area contributed by atoms with E-state index in [4.69, 9.17) is 9.47 Å². The molecular weight excluding hydrogens is 326 g/mol. The summed E-state index contributed by atoms with van der Waals surface area (Å²) < 4.78 is 10.6. The van der Waals surface area contributed by atoms with Crippen molar-refractivity contribution in [2.75, 3.05) is 0 Å². The highest BCUT2D eigenvalue weighted by Crippen LogP contribution is 2.16.